The Balaban J connectivity index is 2.28. The van der Waals surface area contributed by atoms with E-state index in [0.29, 0.717) is 18.0 Å². The van der Waals surface area contributed by atoms with Crippen molar-refractivity contribution in [3.63, 3.8) is 0 Å². The summed E-state index contributed by atoms with van der Waals surface area (Å²) in [5, 5.41) is 4.15. The van der Waals surface area contributed by atoms with E-state index in [2.05, 4.69) is 19.2 Å². The van der Waals surface area contributed by atoms with Gasteiger partial charge in [-0.25, -0.2) is 0 Å². The summed E-state index contributed by atoms with van der Waals surface area (Å²) in [5.41, 5.74) is 1.54. The minimum atomic E-state index is -2.49. The zero-order valence-electron chi connectivity index (χ0n) is 10.7. The van der Waals surface area contributed by atoms with Crippen LogP contribution in [0, 0.1) is 5.92 Å². The van der Waals surface area contributed by atoms with Gasteiger partial charge in [0.25, 0.3) is 0 Å². The first kappa shape index (κ1) is 13.0. The van der Waals surface area contributed by atoms with E-state index < -0.39 is 6.55 Å². The van der Waals surface area contributed by atoms with Crippen LogP contribution in [0.15, 0.2) is 30.5 Å². The molecule has 0 fully saturated rings. The van der Waals surface area contributed by atoms with Crippen LogP contribution in [0.2, 0.25) is 0 Å². The summed E-state index contributed by atoms with van der Waals surface area (Å²) in [4.78, 5) is 0. The molecular formula is C14H18F2N2. The molecule has 0 saturated heterocycles. The third kappa shape index (κ3) is 2.70. The van der Waals surface area contributed by atoms with Crippen LogP contribution < -0.4 is 5.32 Å². The first-order valence-corrected chi connectivity index (χ1v) is 6.17. The lowest BCUT2D eigenvalue weighted by molar-refractivity contribution is 0.0751. The molecule has 1 aromatic carbocycles. The van der Waals surface area contributed by atoms with Crippen molar-refractivity contribution in [1.29, 1.82) is 0 Å². The molecule has 0 aliphatic heterocycles. The van der Waals surface area contributed by atoms with Gasteiger partial charge in [-0.2, -0.15) is 8.78 Å². The zero-order valence-corrected chi connectivity index (χ0v) is 10.7. The van der Waals surface area contributed by atoms with Crippen molar-refractivity contribution >= 4 is 10.9 Å². The number of hydrogen-bond donors (Lipinski definition) is 1. The van der Waals surface area contributed by atoms with Crippen molar-refractivity contribution in [3.8, 4) is 0 Å². The molecule has 1 N–H and O–H groups in total. The van der Waals surface area contributed by atoms with Crippen LogP contribution in [0.25, 0.3) is 10.9 Å². The molecule has 4 heteroatoms. The molecule has 0 aliphatic carbocycles. The van der Waals surface area contributed by atoms with E-state index in [-0.39, 0.29) is 0 Å². The predicted molar refractivity (Wildman–Crippen MR) is 69.7 cm³/mol. The van der Waals surface area contributed by atoms with Crippen LogP contribution >= 0.6 is 0 Å². The lowest BCUT2D eigenvalue weighted by Crippen LogP contribution is -2.19. The van der Waals surface area contributed by atoms with Gasteiger partial charge < -0.3 is 5.32 Å². The van der Waals surface area contributed by atoms with E-state index in [4.69, 9.17) is 0 Å². The maximum absolute atomic E-state index is 12.9. The molecule has 0 atom stereocenters. The monoisotopic (exact) mass is 252 g/mol. The lowest BCUT2D eigenvalue weighted by Gasteiger charge is -2.11. The molecule has 2 rings (SSSR count). The third-order valence-electron chi connectivity index (χ3n) is 2.90. The Labute approximate surface area is 106 Å². The average molecular weight is 252 g/mol. The highest BCUT2D eigenvalue weighted by atomic mass is 19.3. The lowest BCUT2D eigenvalue weighted by atomic mass is 10.1. The van der Waals surface area contributed by atoms with E-state index in [1.54, 1.807) is 6.07 Å². The molecule has 0 saturated carbocycles. The average Bonchev–Trinajstić information content (AvgIpc) is 2.73. The molecule has 0 amide bonds. The number of alkyl halides is 2. The Morgan fingerprint density at radius 3 is 2.67 bits per heavy atom. The van der Waals surface area contributed by atoms with Crippen LogP contribution in [0.1, 0.15) is 26.0 Å². The number of fused-ring (bicyclic) bond motifs is 1. The van der Waals surface area contributed by atoms with Crippen LogP contribution in [-0.4, -0.2) is 11.1 Å². The standard InChI is InChI=1S/C14H18F2N2/c1-10(2)8-17-9-12-5-3-4-11-6-7-18(13(11)12)14(15)16/h3-7,10,14,17H,8-9H2,1-2H3. The highest BCUT2D eigenvalue weighted by molar-refractivity contribution is 5.83. The minimum absolute atomic E-state index is 0.547. The first-order valence-electron chi connectivity index (χ1n) is 6.17. The molecule has 98 valence electrons. The van der Waals surface area contributed by atoms with Crippen molar-refractivity contribution in [1.82, 2.24) is 9.88 Å². The van der Waals surface area contributed by atoms with Crippen LogP contribution in [0.3, 0.4) is 0 Å². The molecule has 2 nitrogen and oxygen atoms in total. The molecule has 0 spiro atoms. The number of benzene rings is 1. The van der Waals surface area contributed by atoms with E-state index in [9.17, 15) is 8.78 Å². The largest absolute Gasteiger partial charge is 0.319 e. The molecule has 0 bridgehead atoms. The first-order chi connectivity index (χ1) is 8.59. The summed E-state index contributed by atoms with van der Waals surface area (Å²) >= 11 is 0. The topological polar surface area (TPSA) is 17.0 Å². The fourth-order valence-corrected chi connectivity index (χ4v) is 2.10. The molecule has 0 unspecified atom stereocenters. The predicted octanol–water partition coefficient (Wildman–Crippen LogP) is 3.78. The van der Waals surface area contributed by atoms with Crippen LogP contribution in [0.4, 0.5) is 8.78 Å². The summed E-state index contributed by atoms with van der Waals surface area (Å²) in [6.45, 7) is 3.25. The maximum atomic E-state index is 12.9. The summed E-state index contributed by atoms with van der Waals surface area (Å²) in [7, 11) is 0. The van der Waals surface area contributed by atoms with Crippen molar-refractivity contribution in [2.75, 3.05) is 6.54 Å². The fourth-order valence-electron chi connectivity index (χ4n) is 2.10. The smallest absolute Gasteiger partial charge is 0.312 e. The second-order valence-electron chi connectivity index (χ2n) is 4.88. The molecule has 0 radical (unpaired) electrons. The molecule has 2 aromatic rings. The number of para-hydroxylation sites is 1. The SMILES string of the molecule is CC(C)CNCc1cccc2ccn(C(F)F)c12. The highest BCUT2D eigenvalue weighted by Gasteiger charge is 2.12. The fraction of sp³-hybridized carbons (Fsp3) is 0.429. The van der Waals surface area contributed by atoms with Gasteiger partial charge in [0.1, 0.15) is 0 Å². The second kappa shape index (κ2) is 5.48. The minimum Gasteiger partial charge on any atom is -0.312 e. The third-order valence-corrected chi connectivity index (χ3v) is 2.90. The van der Waals surface area contributed by atoms with Gasteiger partial charge in [0.2, 0.25) is 0 Å². The van der Waals surface area contributed by atoms with E-state index >= 15 is 0 Å². The Bertz CT molecular complexity index is 517. The number of aromatic nitrogens is 1. The van der Waals surface area contributed by atoms with Gasteiger partial charge in [-0.15, -0.1) is 0 Å². The number of rotatable bonds is 5. The van der Waals surface area contributed by atoms with Crippen LogP contribution in [-0.2, 0) is 6.54 Å². The number of nitrogens with zero attached hydrogens (tertiary/aromatic N) is 1. The van der Waals surface area contributed by atoms with Gasteiger partial charge in [-0.05, 0) is 24.1 Å². The Kier molecular flexibility index (Phi) is 3.97. The van der Waals surface area contributed by atoms with Crippen LogP contribution in [0.5, 0.6) is 0 Å². The molecular weight excluding hydrogens is 234 g/mol. The van der Waals surface area contributed by atoms with Crippen molar-refractivity contribution < 1.29 is 8.78 Å². The molecule has 1 aromatic heterocycles. The van der Waals surface area contributed by atoms with Crippen molar-refractivity contribution in [2.45, 2.75) is 26.9 Å². The van der Waals surface area contributed by atoms with Gasteiger partial charge in [0.05, 0.1) is 5.52 Å². The number of hydrogen-bond acceptors (Lipinski definition) is 1. The molecule has 0 aliphatic rings. The maximum Gasteiger partial charge on any atom is 0.319 e. The summed E-state index contributed by atoms with van der Waals surface area (Å²) in [5.74, 6) is 0.547. The van der Waals surface area contributed by atoms with E-state index in [1.807, 2.05) is 18.2 Å². The van der Waals surface area contributed by atoms with Crippen molar-refractivity contribution in [2.24, 2.45) is 5.92 Å². The number of halogens is 2. The quantitative estimate of drug-likeness (QED) is 0.856. The Morgan fingerprint density at radius 1 is 1.22 bits per heavy atom. The van der Waals surface area contributed by atoms with E-state index in [1.165, 1.54) is 6.20 Å². The van der Waals surface area contributed by atoms with Gasteiger partial charge in [-0.3, -0.25) is 4.57 Å². The Morgan fingerprint density at radius 2 is 2.00 bits per heavy atom. The van der Waals surface area contributed by atoms with E-state index in [0.717, 1.165) is 22.1 Å². The summed E-state index contributed by atoms with van der Waals surface area (Å²) in [6.07, 6.45) is 1.45. The van der Waals surface area contributed by atoms with Gasteiger partial charge >= 0.3 is 6.55 Å². The van der Waals surface area contributed by atoms with Gasteiger partial charge in [0.15, 0.2) is 0 Å². The molecule has 1 heterocycles. The van der Waals surface area contributed by atoms with Gasteiger partial charge in [-0.1, -0.05) is 32.0 Å². The molecule has 18 heavy (non-hydrogen) atoms. The summed E-state index contributed by atoms with van der Waals surface area (Å²) < 4.78 is 26.8. The van der Waals surface area contributed by atoms with Crippen molar-refractivity contribution in [3.05, 3.63) is 36.0 Å². The Hall–Kier alpha value is -1.42. The normalized spacial score (nSPS) is 11.9. The van der Waals surface area contributed by atoms with Gasteiger partial charge in [0, 0.05) is 18.1 Å². The number of nitrogens with one attached hydrogen (secondary N) is 1. The summed E-state index contributed by atoms with van der Waals surface area (Å²) in [6, 6.07) is 7.40. The highest BCUT2D eigenvalue weighted by Crippen LogP contribution is 2.25. The second-order valence-corrected chi connectivity index (χ2v) is 4.88. The zero-order chi connectivity index (χ0) is 13.1.